The summed E-state index contributed by atoms with van der Waals surface area (Å²) in [5.41, 5.74) is 0.166. The van der Waals surface area contributed by atoms with Crippen LogP contribution in [0.4, 0.5) is 16.0 Å². The largest absolute Gasteiger partial charge is 0.369 e. The standard InChI is InChI=1S/C13H16FN5O/c1-3-5-15-12-10(7-9(14)8-16-12)13(20)18-11-4-6-17-19(11)2/h4,6-8H,3,5H2,1-2H3,(H,15,16)(H,18,20). The lowest BCUT2D eigenvalue weighted by molar-refractivity contribution is 0.102. The van der Waals surface area contributed by atoms with Crippen LogP contribution in [0, 0.1) is 5.82 Å². The monoisotopic (exact) mass is 277 g/mol. The maximum atomic E-state index is 13.3. The Morgan fingerprint density at radius 3 is 2.95 bits per heavy atom. The van der Waals surface area contributed by atoms with E-state index in [9.17, 15) is 9.18 Å². The highest BCUT2D eigenvalue weighted by molar-refractivity contribution is 6.07. The fourth-order valence-corrected chi connectivity index (χ4v) is 1.68. The van der Waals surface area contributed by atoms with E-state index in [1.54, 1.807) is 19.3 Å². The van der Waals surface area contributed by atoms with Crippen LogP contribution in [0.25, 0.3) is 0 Å². The second kappa shape index (κ2) is 6.14. The third-order valence-electron chi connectivity index (χ3n) is 2.70. The van der Waals surface area contributed by atoms with Gasteiger partial charge in [0.1, 0.15) is 17.5 Å². The molecule has 2 heterocycles. The number of rotatable bonds is 5. The average molecular weight is 277 g/mol. The first-order chi connectivity index (χ1) is 9.61. The number of hydrogen-bond acceptors (Lipinski definition) is 4. The number of carbonyl (C=O) groups is 1. The molecule has 2 N–H and O–H groups in total. The van der Waals surface area contributed by atoms with Gasteiger partial charge in [-0.15, -0.1) is 0 Å². The number of hydrogen-bond donors (Lipinski definition) is 2. The summed E-state index contributed by atoms with van der Waals surface area (Å²) < 4.78 is 14.8. The molecular formula is C13H16FN5O. The maximum Gasteiger partial charge on any atom is 0.260 e. The van der Waals surface area contributed by atoms with Crippen molar-refractivity contribution in [1.29, 1.82) is 0 Å². The zero-order valence-electron chi connectivity index (χ0n) is 11.4. The normalized spacial score (nSPS) is 10.3. The smallest absolute Gasteiger partial charge is 0.260 e. The van der Waals surface area contributed by atoms with Gasteiger partial charge in [-0.05, 0) is 12.5 Å². The van der Waals surface area contributed by atoms with Crippen molar-refractivity contribution in [3.05, 3.63) is 35.9 Å². The Morgan fingerprint density at radius 2 is 2.30 bits per heavy atom. The molecule has 0 bridgehead atoms. The zero-order valence-corrected chi connectivity index (χ0v) is 11.4. The van der Waals surface area contributed by atoms with Crippen LogP contribution in [0.15, 0.2) is 24.5 Å². The first-order valence-electron chi connectivity index (χ1n) is 6.30. The van der Waals surface area contributed by atoms with Crippen LogP contribution in [0.1, 0.15) is 23.7 Å². The van der Waals surface area contributed by atoms with E-state index in [-0.39, 0.29) is 5.56 Å². The highest BCUT2D eigenvalue weighted by Crippen LogP contribution is 2.16. The predicted molar refractivity (Wildman–Crippen MR) is 74.1 cm³/mol. The molecule has 106 valence electrons. The van der Waals surface area contributed by atoms with Crippen molar-refractivity contribution < 1.29 is 9.18 Å². The van der Waals surface area contributed by atoms with Gasteiger partial charge < -0.3 is 10.6 Å². The number of aromatic nitrogens is 3. The van der Waals surface area contributed by atoms with Crippen LogP contribution in [0.2, 0.25) is 0 Å². The Morgan fingerprint density at radius 1 is 1.50 bits per heavy atom. The van der Waals surface area contributed by atoms with Crippen molar-refractivity contribution in [2.45, 2.75) is 13.3 Å². The van der Waals surface area contributed by atoms with Gasteiger partial charge in [-0.25, -0.2) is 9.37 Å². The number of anilines is 2. The third kappa shape index (κ3) is 3.11. The van der Waals surface area contributed by atoms with E-state index in [4.69, 9.17) is 0 Å². The van der Waals surface area contributed by atoms with Crippen molar-refractivity contribution in [3.8, 4) is 0 Å². The van der Waals surface area contributed by atoms with E-state index in [1.165, 1.54) is 4.68 Å². The summed E-state index contributed by atoms with van der Waals surface area (Å²) in [7, 11) is 1.70. The summed E-state index contributed by atoms with van der Waals surface area (Å²) in [6.07, 6.45) is 3.52. The van der Waals surface area contributed by atoms with Crippen molar-refractivity contribution in [2.24, 2.45) is 7.05 Å². The van der Waals surface area contributed by atoms with Crippen LogP contribution >= 0.6 is 0 Å². The van der Waals surface area contributed by atoms with Crippen molar-refractivity contribution in [1.82, 2.24) is 14.8 Å². The van der Waals surface area contributed by atoms with E-state index in [1.807, 2.05) is 6.92 Å². The minimum absolute atomic E-state index is 0.166. The number of halogens is 1. The van der Waals surface area contributed by atoms with Crippen LogP contribution in [-0.2, 0) is 7.05 Å². The third-order valence-corrected chi connectivity index (χ3v) is 2.70. The molecule has 0 unspecified atom stereocenters. The Kier molecular flexibility index (Phi) is 4.29. The molecule has 2 rings (SSSR count). The minimum Gasteiger partial charge on any atom is -0.369 e. The van der Waals surface area contributed by atoms with Gasteiger partial charge in [0.15, 0.2) is 0 Å². The number of nitrogens with zero attached hydrogens (tertiary/aromatic N) is 3. The molecule has 1 amide bonds. The molecule has 20 heavy (non-hydrogen) atoms. The van der Waals surface area contributed by atoms with E-state index in [0.29, 0.717) is 18.2 Å². The second-order valence-corrected chi connectivity index (χ2v) is 4.27. The van der Waals surface area contributed by atoms with Crippen molar-refractivity contribution in [3.63, 3.8) is 0 Å². The van der Waals surface area contributed by atoms with Crippen LogP contribution in [-0.4, -0.2) is 27.2 Å². The lowest BCUT2D eigenvalue weighted by atomic mass is 10.2. The first kappa shape index (κ1) is 14.0. The quantitative estimate of drug-likeness (QED) is 0.877. The molecule has 0 atom stereocenters. The molecule has 0 fully saturated rings. The van der Waals surface area contributed by atoms with Gasteiger partial charge in [-0.1, -0.05) is 6.92 Å². The lowest BCUT2D eigenvalue weighted by Crippen LogP contribution is -2.18. The first-order valence-corrected chi connectivity index (χ1v) is 6.30. The van der Waals surface area contributed by atoms with Crippen molar-refractivity contribution >= 4 is 17.5 Å². The van der Waals surface area contributed by atoms with Crippen molar-refractivity contribution in [2.75, 3.05) is 17.2 Å². The molecule has 0 aliphatic heterocycles. The van der Waals surface area contributed by atoms with E-state index >= 15 is 0 Å². The average Bonchev–Trinajstić information content (AvgIpc) is 2.83. The molecule has 2 aromatic rings. The summed E-state index contributed by atoms with van der Waals surface area (Å²) in [5.74, 6) is -0.0879. The Hall–Kier alpha value is -2.44. The van der Waals surface area contributed by atoms with Gasteiger partial charge in [0.25, 0.3) is 5.91 Å². The zero-order chi connectivity index (χ0) is 14.5. The summed E-state index contributed by atoms with van der Waals surface area (Å²) in [5, 5.41) is 9.62. The van der Waals surface area contributed by atoms with E-state index in [0.717, 1.165) is 18.7 Å². The van der Waals surface area contributed by atoms with Crippen LogP contribution in [0.3, 0.4) is 0 Å². The van der Waals surface area contributed by atoms with Crippen LogP contribution < -0.4 is 10.6 Å². The number of carbonyl (C=O) groups excluding carboxylic acids is 1. The molecule has 0 aliphatic carbocycles. The fourth-order valence-electron chi connectivity index (χ4n) is 1.68. The van der Waals surface area contributed by atoms with Gasteiger partial charge in [-0.3, -0.25) is 9.48 Å². The molecule has 7 heteroatoms. The Labute approximate surface area is 116 Å². The summed E-state index contributed by atoms with van der Waals surface area (Å²) in [6.45, 7) is 2.65. The molecule has 0 aromatic carbocycles. The van der Waals surface area contributed by atoms with Gasteiger partial charge >= 0.3 is 0 Å². The minimum atomic E-state index is -0.554. The van der Waals surface area contributed by atoms with Gasteiger partial charge in [0.2, 0.25) is 0 Å². The fraction of sp³-hybridized carbons (Fsp3) is 0.308. The number of pyridine rings is 1. The summed E-state index contributed by atoms with van der Waals surface area (Å²) in [6, 6.07) is 2.82. The van der Waals surface area contributed by atoms with Gasteiger partial charge in [0, 0.05) is 19.7 Å². The number of aryl methyl sites for hydroxylation is 1. The molecule has 0 saturated carbocycles. The van der Waals surface area contributed by atoms with E-state index < -0.39 is 11.7 Å². The van der Waals surface area contributed by atoms with Gasteiger partial charge in [0.05, 0.1) is 18.0 Å². The molecule has 6 nitrogen and oxygen atoms in total. The maximum absolute atomic E-state index is 13.3. The Bertz CT molecular complexity index is 611. The number of nitrogens with one attached hydrogen (secondary N) is 2. The van der Waals surface area contributed by atoms with Gasteiger partial charge in [-0.2, -0.15) is 5.10 Å². The van der Waals surface area contributed by atoms with E-state index in [2.05, 4.69) is 20.7 Å². The molecule has 0 aliphatic rings. The molecule has 2 aromatic heterocycles. The Balaban J connectivity index is 2.23. The highest BCUT2D eigenvalue weighted by Gasteiger charge is 2.15. The molecule has 0 spiro atoms. The topological polar surface area (TPSA) is 71.8 Å². The molecule has 0 saturated heterocycles. The predicted octanol–water partition coefficient (Wildman–Crippen LogP) is 2.03. The summed E-state index contributed by atoms with van der Waals surface area (Å²) in [4.78, 5) is 16.1. The van der Waals surface area contributed by atoms with Crippen LogP contribution in [0.5, 0.6) is 0 Å². The molecule has 0 radical (unpaired) electrons. The lowest BCUT2D eigenvalue weighted by Gasteiger charge is -2.11. The second-order valence-electron chi connectivity index (χ2n) is 4.27. The summed E-state index contributed by atoms with van der Waals surface area (Å²) >= 11 is 0. The molecular weight excluding hydrogens is 261 g/mol. The SMILES string of the molecule is CCCNc1ncc(F)cc1C(=O)Nc1ccnn1C. The highest BCUT2D eigenvalue weighted by atomic mass is 19.1. The number of amides is 1.